The Hall–Kier alpha value is -1.84. The van der Waals surface area contributed by atoms with Gasteiger partial charge >= 0.3 is 0 Å². The van der Waals surface area contributed by atoms with E-state index in [9.17, 15) is 0 Å². The Morgan fingerprint density at radius 1 is 1.20 bits per heavy atom. The van der Waals surface area contributed by atoms with Crippen LogP contribution in [0.2, 0.25) is 0 Å². The Balaban J connectivity index is 2.68. The summed E-state index contributed by atoms with van der Waals surface area (Å²) in [5, 5.41) is 4.33. The zero-order chi connectivity index (χ0) is 11.0. The molecule has 0 bridgehead atoms. The van der Waals surface area contributed by atoms with Crippen LogP contribution < -0.4 is 5.73 Å². The lowest BCUT2D eigenvalue weighted by atomic mass is 10.1. The van der Waals surface area contributed by atoms with E-state index in [0.717, 1.165) is 28.6 Å². The van der Waals surface area contributed by atoms with Crippen molar-refractivity contribution in [3.8, 4) is 5.69 Å². The highest BCUT2D eigenvalue weighted by molar-refractivity contribution is 5.61. The molecule has 4 nitrogen and oxygen atoms in total. The molecule has 1 aromatic heterocycles. The smallest absolute Gasteiger partial charge is 0.148 e. The first-order valence-electron chi connectivity index (χ1n) is 4.85. The van der Waals surface area contributed by atoms with Gasteiger partial charge in [-0.3, -0.25) is 0 Å². The topological polar surface area (TPSA) is 56.7 Å². The number of hydrogen-bond acceptors (Lipinski definition) is 3. The van der Waals surface area contributed by atoms with Crippen molar-refractivity contribution in [1.82, 2.24) is 14.8 Å². The van der Waals surface area contributed by atoms with Gasteiger partial charge in [-0.1, -0.05) is 12.1 Å². The van der Waals surface area contributed by atoms with E-state index in [2.05, 4.69) is 10.1 Å². The number of aryl methyl sites for hydroxylation is 3. The highest BCUT2D eigenvalue weighted by atomic mass is 15.3. The third-order valence-electron chi connectivity index (χ3n) is 2.36. The van der Waals surface area contributed by atoms with Gasteiger partial charge in [-0.05, 0) is 32.4 Å². The van der Waals surface area contributed by atoms with E-state index >= 15 is 0 Å². The number of nitrogen functional groups attached to an aromatic ring is 1. The molecule has 0 atom stereocenters. The lowest BCUT2D eigenvalue weighted by Crippen LogP contribution is -2.05. The second kappa shape index (κ2) is 3.38. The second-order valence-electron chi connectivity index (χ2n) is 3.63. The second-order valence-corrected chi connectivity index (χ2v) is 3.63. The van der Waals surface area contributed by atoms with Crippen LogP contribution in [-0.4, -0.2) is 14.8 Å². The van der Waals surface area contributed by atoms with E-state index < -0.39 is 0 Å². The van der Waals surface area contributed by atoms with Crippen molar-refractivity contribution in [2.75, 3.05) is 5.73 Å². The van der Waals surface area contributed by atoms with Gasteiger partial charge in [-0.25, -0.2) is 9.67 Å². The quantitative estimate of drug-likeness (QED) is 0.717. The van der Waals surface area contributed by atoms with Crippen molar-refractivity contribution in [2.45, 2.75) is 20.8 Å². The van der Waals surface area contributed by atoms with Crippen LogP contribution in [0.25, 0.3) is 5.69 Å². The first-order chi connectivity index (χ1) is 7.09. The molecule has 0 fully saturated rings. The van der Waals surface area contributed by atoms with Crippen molar-refractivity contribution in [1.29, 1.82) is 0 Å². The Morgan fingerprint density at radius 2 is 1.93 bits per heavy atom. The molecule has 0 aliphatic carbocycles. The molecule has 1 heterocycles. The highest BCUT2D eigenvalue weighted by Gasteiger charge is 2.10. The number of nitrogens with zero attached hydrogens (tertiary/aromatic N) is 3. The normalized spacial score (nSPS) is 10.6. The molecule has 2 rings (SSSR count). The Kier molecular flexibility index (Phi) is 2.19. The molecule has 0 aliphatic heterocycles. The van der Waals surface area contributed by atoms with Crippen LogP contribution >= 0.6 is 0 Å². The Labute approximate surface area is 88.8 Å². The summed E-state index contributed by atoms with van der Waals surface area (Å²) >= 11 is 0. The minimum Gasteiger partial charge on any atom is -0.397 e. The maximum Gasteiger partial charge on any atom is 0.148 e. The molecule has 0 unspecified atom stereocenters. The molecule has 1 aromatic carbocycles. The summed E-state index contributed by atoms with van der Waals surface area (Å²) in [6.45, 7) is 5.81. The Morgan fingerprint density at radius 3 is 2.47 bits per heavy atom. The predicted molar refractivity (Wildman–Crippen MR) is 60.0 cm³/mol. The van der Waals surface area contributed by atoms with E-state index in [1.165, 1.54) is 0 Å². The molecule has 78 valence electrons. The van der Waals surface area contributed by atoms with Crippen molar-refractivity contribution in [3.63, 3.8) is 0 Å². The highest BCUT2D eigenvalue weighted by Crippen LogP contribution is 2.21. The van der Waals surface area contributed by atoms with Crippen LogP contribution in [0.4, 0.5) is 5.69 Å². The van der Waals surface area contributed by atoms with Crippen LogP contribution in [-0.2, 0) is 0 Å². The molecular formula is C11H14N4. The summed E-state index contributed by atoms with van der Waals surface area (Å²) in [7, 11) is 0. The average Bonchev–Trinajstić information content (AvgIpc) is 2.45. The molecule has 4 heteroatoms. The first kappa shape index (κ1) is 9.71. The summed E-state index contributed by atoms with van der Waals surface area (Å²) in [6, 6.07) is 5.83. The molecule has 2 N–H and O–H groups in total. The molecule has 2 aromatic rings. The summed E-state index contributed by atoms with van der Waals surface area (Å²) in [5.41, 5.74) is 8.69. The monoisotopic (exact) mass is 202 g/mol. The zero-order valence-electron chi connectivity index (χ0n) is 9.15. The van der Waals surface area contributed by atoms with Crippen LogP contribution in [0.1, 0.15) is 17.2 Å². The van der Waals surface area contributed by atoms with Gasteiger partial charge in [0.1, 0.15) is 11.6 Å². The van der Waals surface area contributed by atoms with E-state index in [-0.39, 0.29) is 0 Å². The fourth-order valence-corrected chi connectivity index (χ4v) is 1.70. The lowest BCUT2D eigenvalue weighted by Gasteiger charge is -2.09. The number of nitrogens with two attached hydrogens (primary N) is 1. The van der Waals surface area contributed by atoms with Gasteiger partial charge in [0.25, 0.3) is 0 Å². The van der Waals surface area contributed by atoms with Crippen molar-refractivity contribution >= 4 is 5.69 Å². The van der Waals surface area contributed by atoms with E-state index in [1.807, 2.05) is 39.0 Å². The number of aromatic nitrogens is 3. The van der Waals surface area contributed by atoms with Gasteiger partial charge < -0.3 is 5.73 Å². The summed E-state index contributed by atoms with van der Waals surface area (Å²) < 4.78 is 1.79. The van der Waals surface area contributed by atoms with Gasteiger partial charge in [0, 0.05) is 0 Å². The lowest BCUT2D eigenvalue weighted by molar-refractivity contribution is 0.827. The summed E-state index contributed by atoms with van der Waals surface area (Å²) in [4.78, 5) is 4.27. The van der Waals surface area contributed by atoms with Crippen LogP contribution in [0.5, 0.6) is 0 Å². The number of hydrogen-bond donors (Lipinski definition) is 1. The number of rotatable bonds is 1. The van der Waals surface area contributed by atoms with Gasteiger partial charge in [0.05, 0.1) is 11.4 Å². The van der Waals surface area contributed by atoms with Gasteiger partial charge in [-0.2, -0.15) is 5.10 Å². The molecule has 0 aliphatic rings. The minimum atomic E-state index is 0.725. The van der Waals surface area contributed by atoms with E-state index in [4.69, 9.17) is 5.73 Å². The minimum absolute atomic E-state index is 0.725. The molecule has 15 heavy (non-hydrogen) atoms. The maximum atomic E-state index is 5.94. The SMILES string of the molecule is Cc1nc(C)n(-c2c(C)cccc2N)n1. The van der Waals surface area contributed by atoms with Gasteiger partial charge in [-0.15, -0.1) is 0 Å². The van der Waals surface area contributed by atoms with Crippen LogP contribution in [0.3, 0.4) is 0 Å². The first-order valence-corrected chi connectivity index (χ1v) is 4.85. The zero-order valence-corrected chi connectivity index (χ0v) is 9.15. The summed E-state index contributed by atoms with van der Waals surface area (Å²) in [5.74, 6) is 1.61. The molecule has 0 saturated heterocycles. The number of benzene rings is 1. The molecule has 0 amide bonds. The summed E-state index contributed by atoms with van der Waals surface area (Å²) in [6.07, 6.45) is 0. The number of para-hydroxylation sites is 1. The molecule has 0 spiro atoms. The average molecular weight is 202 g/mol. The van der Waals surface area contributed by atoms with Crippen molar-refractivity contribution in [3.05, 3.63) is 35.4 Å². The third kappa shape index (κ3) is 1.58. The fourth-order valence-electron chi connectivity index (χ4n) is 1.70. The number of anilines is 1. The molecule has 0 radical (unpaired) electrons. The molecular weight excluding hydrogens is 188 g/mol. The Bertz CT molecular complexity index is 479. The van der Waals surface area contributed by atoms with E-state index in [1.54, 1.807) is 4.68 Å². The molecule has 0 saturated carbocycles. The van der Waals surface area contributed by atoms with Gasteiger partial charge in [0.2, 0.25) is 0 Å². The predicted octanol–water partition coefficient (Wildman–Crippen LogP) is 1.77. The fraction of sp³-hybridized carbons (Fsp3) is 0.273. The maximum absolute atomic E-state index is 5.94. The van der Waals surface area contributed by atoms with Crippen LogP contribution in [0.15, 0.2) is 18.2 Å². The standard InChI is InChI=1S/C11H14N4/c1-7-5-4-6-10(12)11(7)15-9(3)13-8(2)14-15/h4-6H,12H2,1-3H3. The van der Waals surface area contributed by atoms with Crippen molar-refractivity contribution < 1.29 is 0 Å². The van der Waals surface area contributed by atoms with Crippen molar-refractivity contribution in [2.24, 2.45) is 0 Å². The largest absolute Gasteiger partial charge is 0.397 e. The van der Waals surface area contributed by atoms with Crippen LogP contribution in [0, 0.1) is 20.8 Å². The van der Waals surface area contributed by atoms with E-state index in [0.29, 0.717) is 0 Å². The third-order valence-corrected chi connectivity index (χ3v) is 2.36. The van der Waals surface area contributed by atoms with Gasteiger partial charge in [0.15, 0.2) is 0 Å².